The number of thiazole rings is 1. The van der Waals surface area contributed by atoms with Crippen LogP contribution < -0.4 is 23.7 Å². The van der Waals surface area contributed by atoms with Crippen LogP contribution in [0.1, 0.15) is 41.6 Å². The summed E-state index contributed by atoms with van der Waals surface area (Å²) in [4.78, 5) is 6.16. The van der Waals surface area contributed by atoms with Crippen LogP contribution in [0, 0.1) is 0 Å². The Hall–Kier alpha value is -3.42. The predicted molar refractivity (Wildman–Crippen MR) is 165 cm³/mol. The van der Waals surface area contributed by atoms with Gasteiger partial charge in [-0.3, -0.25) is 4.99 Å². The second-order valence-electron chi connectivity index (χ2n) is 10.3. The van der Waals surface area contributed by atoms with E-state index in [1.807, 2.05) is 30.3 Å². The zero-order chi connectivity index (χ0) is 28.8. The number of benzene rings is 3. The molecule has 1 saturated carbocycles. The summed E-state index contributed by atoms with van der Waals surface area (Å²) in [5.41, 5.74) is 4.99. The Balaban J connectivity index is 1.47. The number of hydrogen-bond acceptors (Lipinski definition) is 6. The van der Waals surface area contributed by atoms with E-state index in [2.05, 4.69) is 40.3 Å². The van der Waals surface area contributed by atoms with Crippen molar-refractivity contribution in [3.05, 3.63) is 98.3 Å². The predicted octanol–water partition coefficient (Wildman–Crippen LogP) is 7.09. The van der Waals surface area contributed by atoms with E-state index < -0.39 is 0 Å². The van der Waals surface area contributed by atoms with Gasteiger partial charge in [0.05, 0.1) is 28.4 Å². The number of aryl methyl sites for hydroxylation is 1. The molecular formula is C33H37ClN2O4S. The first-order chi connectivity index (χ1) is 20.0. The molecule has 0 radical (unpaired) electrons. The molecule has 6 nitrogen and oxygen atoms in total. The molecule has 8 heteroatoms. The Labute approximate surface area is 251 Å². The Kier molecular flexibility index (Phi) is 9.25. The molecule has 0 unspecified atom stereocenters. The Morgan fingerprint density at radius 3 is 1.90 bits per heavy atom. The third-order valence-corrected chi connectivity index (χ3v) is 9.21. The highest BCUT2D eigenvalue weighted by Gasteiger charge is 2.42. The number of ether oxygens (including phenoxy) is 4. The van der Waals surface area contributed by atoms with Crippen LogP contribution in [0.15, 0.2) is 71.0 Å². The maximum Gasteiger partial charge on any atom is 0.184 e. The fourth-order valence-electron chi connectivity index (χ4n) is 5.63. The number of hydrogen-bond donors (Lipinski definition) is 0. The smallest absolute Gasteiger partial charge is 0.184 e. The van der Waals surface area contributed by atoms with E-state index in [-0.39, 0.29) is 5.41 Å². The van der Waals surface area contributed by atoms with Crippen molar-refractivity contribution in [3.63, 3.8) is 0 Å². The number of methoxy groups -OCH3 is 4. The lowest BCUT2D eigenvalue weighted by molar-refractivity contribution is 0.282. The molecule has 0 N–H and O–H groups in total. The van der Waals surface area contributed by atoms with Crippen LogP contribution >= 0.6 is 22.9 Å². The molecule has 1 heterocycles. The van der Waals surface area contributed by atoms with Gasteiger partial charge >= 0.3 is 0 Å². The van der Waals surface area contributed by atoms with Crippen LogP contribution in [-0.4, -0.2) is 39.6 Å². The zero-order valence-corrected chi connectivity index (χ0v) is 25.7. The van der Waals surface area contributed by atoms with Gasteiger partial charge in [-0.15, -0.1) is 11.3 Å². The topological polar surface area (TPSA) is 54.2 Å². The average Bonchev–Trinajstić information content (AvgIpc) is 3.38. The Morgan fingerprint density at radius 2 is 1.37 bits per heavy atom. The highest BCUT2D eigenvalue weighted by atomic mass is 35.5. The molecule has 1 aliphatic rings. The van der Waals surface area contributed by atoms with Crippen molar-refractivity contribution in [2.75, 3.05) is 35.0 Å². The van der Waals surface area contributed by atoms with Crippen LogP contribution in [0.5, 0.6) is 23.0 Å². The largest absolute Gasteiger partial charge is 0.493 e. The highest BCUT2D eigenvalue weighted by molar-refractivity contribution is 7.07. The minimum atomic E-state index is -0.0180. The molecule has 5 rings (SSSR count). The average molecular weight is 593 g/mol. The lowest BCUT2D eigenvalue weighted by atomic mass is 9.62. The SMILES string of the molecule is COc1ccc(CCN=c2scc(C3(c4ccc(Cl)cc4)CCC3)n2CCc2ccc(OC)c(OC)c2)cc1OC. The molecule has 0 aliphatic heterocycles. The van der Waals surface area contributed by atoms with E-state index in [1.165, 1.54) is 23.2 Å². The molecule has 0 bridgehead atoms. The van der Waals surface area contributed by atoms with Gasteiger partial charge in [0.1, 0.15) is 0 Å². The summed E-state index contributed by atoms with van der Waals surface area (Å²) in [5, 5.41) is 3.08. The molecule has 0 saturated heterocycles. The van der Waals surface area contributed by atoms with Gasteiger partial charge in [-0.05, 0) is 78.8 Å². The lowest BCUT2D eigenvalue weighted by Gasteiger charge is -2.43. The minimum Gasteiger partial charge on any atom is -0.493 e. The van der Waals surface area contributed by atoms with Crippen molar-refractivity contribution in [2.24, 2.45) is 4.99 Å². The maximum absolute atomic E-state index is 6.26. The highest BCUT2D eigenvalue weighted by Crippen LogP contribution is 2.49. The van der Waals surface area contributed by atoms with Crippen molar-refractivity contribution < 1.29 is 18.9 Å². The Morgan fingerprint density at radius 1 is 0.780 bits per heavy atom. The molecule has 4 aromatic rings. The first kappa shape index (κ1) is 29.1. The van der Waals surface area contributed by atoms with Crippen LogP contribution in [0.3, 0.4) is 0 Å². The third-order valence-electron chi connectivity index (χ3n) is 8.06. The normalized spacial score (nSPS) is 14.4. The number of nitrogens with zero attached hydrogens (tertiary/aromatic N) is 2. The molecule has 0 amide bonds. The van der Waals surface area contributed by atoms with Gasteiger partial charge in [0.25, 0.3) is 0 Å². The van der Waals surface area contributed by atoms with E-state index in [0.29, 0.717) is 6.54 Å². The summed E-state index contributed by atoms with van der Waals surface area (Å²) in [7, 11) is 6.66. The van der Waals surface area contributed by atoms with Crippen LogP contribution in [0.25, 0.3) is 0 Å². The van der Waals surface area contributed by atoms with E-state index >= 15 is 0 Å². The van der Waals surface area contributed by atoms with E-state index in [4.69, 9.17) is 35.5 Å². The molecule has 1 fully saturated rings. The third kappa shape index (κ3) is 6.11. The van der Waals surface area contributed by atoms with Crippen molar-refractivity contribution in [1.82, 2.24) is 4.57 Å². The summed E-state index contributed by atoms with van der Waals surface area (Å²) < 4.78 is 24.3. The monoisotopic (exact) mass is 592 g/mol. The van der Waals surface area contributed by atoms with Gasteiger partial charge < -0.3 is 23.5 Å². The summed E-state index contributed by atoms with van der Waals surface area (Å²) in [6.45, 7) is 1.50. The summed E-state index contributed by atoms with van der Waals surface area (Å²) in [6, 6.07) is 20.6. The lowest BCUT2D eigenvalue weighted by Crippen LogP contribution is -2.39. The Bertz CT molecular complexity index is 1540. The summed E-state index contributed by atoms with van der Waals surface area (Å²) >= 11 is 7.99. The fraction of sp³-hybridized carbons (Fsp3) is 0.364. The van der Waals surface area contributed by atoms with Crippen molar-refractivity contribution in [3.8, 4) is 23.0 Å². The van der Waals surface area contributed by atoms with Gasteiger partial charge in [0.15, 0.2) is 27.8 Å². The quantitative estimate of drug-likeness (QED) is 0.176. The van der Waals surface area contributed by atoms with Crippen molar-refractivity contribution in [1.29, 1.82) is 0 Å². The zero-order valence-electron chi connectivity index (χ0n) is 24.1. The molecule has 3 aromatic carbocycles. The minimum absolute atomic E-state index is 0.0180. The van der Waals surface area contributed by atoms with Gasteiger partial charge in [0, 0.05) is 34.6 Å². The number of rotatable bonds is 12. The molecule has 41 heavy (non-hydrogen) atoms. The molecule has 216 valence electrons. The van der Waals surface area contributed by atoms with Crippen molar-refractivity contribution >= 4 is 22.9 Å². The van der Waals surface area contributed by atoms with Crippen LogP contribution in [-0.2, 0) is 24.8 Å². The fourth-order valence-corrected chi connectivity index (χ4v) is 6.81. The van der Waals surface area contributed by atoms with E-state index in [9.17, 15) is 0 Å². The molecular weight excluding hydrogens is 556 g/mol. The molecule has 0 atom stereocenters. The second-order valence-corrected chi connectivity index (χ2v) is 11.5. The van der Waals surface area contributed by atoms with Gasteiger partial charge in [-0.25, -0.2) is 0 Å². The van der Waals surface area contributed by atoms with E-state index in [0.717, 1.165) is 70.6 Å². The number of halogens is 1. The van der Waals surface area contributed by atoms with Gasteiger partial charge in [0.2, 0.25) is 0 Å². The molecule has 1 aliphatic carbocycles. The standard InChI is InChI=1S/C33H37ClN2O4S/c1-37-27-12-6-23(20-29(27)39-3)14-18-35-32-36(19-15-24-7-13-28(38-2)30(21-24)40-4)31(22-41-32)33(16-5-17-33)25-8-10-26(34)11-9-25/h6-13,20-22H,5,14-19H2,1-4H3. The number of aromatic nitrogens is 1. The summed E-state index contributed by atoms with van der Waals surface area (Å²) in [6.07, 6.45) is 5.11. The molecule has 1 aromatic heterocycles. The van der Waals surface area contributed by atoms with Crippen molar-refractivity contribution in [2.45, 2.75) is 44.1 Å². The van der Waals surface area contributed by atoms with Gasteiger partial charge in [-0.2, -0.15) is 0 Å². The maximum atomic E-state index is 6.26. The second kappa shape index (κ2) is 13.0. The van der Waals surface area contributed by atoms with Crippen LogP contribution in [0.4, 0.5) is 0 Å². The summed E-state index contributed by atoms with van der Waals surface area (Å²) in [5.74, 6) is 2.96. The van der Waals surface area contributed by atoms with E-state index in [1.54, 1.807) is 39.8 Å². The van der Waals surface area contributed by atoms with Crippen LogP contribution in [0.2, 0.25) is 5.02 Å². The van der Waals surface area contributed by atoms with Gasteiger partial charge in [-0.1, -0.05) is 42.3 Å². The molecule has 0 spiro atoms. The first-order valence-corrected chi connectivity index (χ1v) is 15.1. The first-order valence-electron chi connectivity index (χ1n) is 13.9.